The smallest absolute Gasteiger partial charge is 0.241 e. The number of amides is 1. The lowest BCUT2D eigenvalue weighted by Gasteiger charge is -2.24. The van der Waals surface area contributed by atoms with Crippen molar-refractivity contribution in [1.82, 2.24) is 10.2 Å². The molecule has 2 unspecified atom stereocenters. The van der Waals surface area contributed by atoms with Gasteiger partial charge in [-0.1, -0.05) is 25.5 Å². The van der Waals surface area contributed by atoms with E-state index < -0.39 is 0 Å². The van der Waals surface area contributed by atoms with E-state index in [1.165, 1.54) is 12.1 Å². The van der Waals surface area contributed by atoms with Gasteiger partial charge < -0.3 is 9.64 Å². The van der Waals surface area contributed by atoms with E-state index in [1.54, 1.807) is 18.1 Å². The number of rotatable bonds is 7. The predicted octanol–water partition coefficient (Wildman–Crippen LogP) is 2.46. The maximum Gasteiger partial charge on any atom is 0.241 e. The number of carbonyl (C=O) groups is 1. The molecule has 21 heavy (non-hydrogen) atoms. The van der Waals surface area contributed by atoms with Crippen molar-refractivity contribution in [1.29, 1.82) is 0 Å². The Morgan fingerprint density at radius 3 is 2.90 bits per heavy atom. The minimum Gasteiger partial charge on any atom is -0.385 e. The van der Waals surface area contributed by atoms with E-state index in [0.29, 0.717) is 13.2 Å². The number of hydrogen-bond acceptors (Lipinski definition) is 3. The lowest BCUT2D eigenvalue weighted by molar-refractivity contribution is -0.130. The van der Waals surface area contributed by atoms with Crippen LogP contribution in [0, 0.1) is 5.82 Å². The van der Waals surface area contributed by atoms with Crippen molar-refractivity contribution >= 4 is 5.91 Å². The monoisotopic (exact) mass is 294 g/mol. The van der Waals surface area contributed by atoms with Crippen LogP contribution in [0.3, 0.4) is 0 Å². The molecule has 0 spiro atoms. The van der Waals surface area contributed by atoms with E-state index in [0.717, 1.165) is 24.8 Å². The Labute approximate surface area is 125 Å². The molecule has 0 aromatic heterocycles. The van der Waals surface area contributed by atoms with Gasteiger partial charge in [0.1, 0.15) is 12.0 Å². The molecule has 1 aliphatic heterocycles. The Morgan fingerprint density at radius 1 is 1.43 bits per heavy atom. The van der Waals surface area contributed by atoms with E-state index in [9.17, 15) is 9.18 Å². The van der Waals surface area contributed by atoms with Gasteiger partial charge in [-0.25, -0.2) is 4.39 Å². The molecule has 0 aliphatic carbocycles. The minimum atomic E-state index is -0.280. The number of hydrogen-bond donors (Lipinski definition) is 1. The van der Waals surface area contributed by atoms with Crippen LogP contribution in [0.1, 0.15) is 37.9 Å². The highest BCUT2D eigenvalue weighted by atomic mass is 19.1. The summed E-state index contributed by atoms with van der Waals surface area (Å²) in [6, 6.07) is 6.26. The van der Waals surface area contributed by atoms with Crippen molar-refractivity contribution in [2.75, 3.05) is 20.3 Å². The molecule has 2 rings (SSSR count). The summed E-state index contributed by atoms with van der Waals surface area (Å²) < 4.78 is 18.5. The highest BCUT2D eigenvalue weighted by molar-refractivity contribution is 5.84. The first kappa shape index (κ1) is 15.9. The summed E-state index contributed by atoms with van der Waals surface area (Å²) in [7, 11) is 1.65. The average Bonchev–Trinajstić information content (AvgIpc) is 2.77. The molecule has 1 aliphatic rings. The summed E-state index contributed by atoms with van der Waals surface area (Å²) >= 11 is 0. The normalized spacial score (nSPS) is 22.0. The standard InChI is InChI=1S/C16H23FN2O2/c1-3-6-14-16(20)19(9-5-10-21-2)15(18-14)12-7-4-8-13(17)11-12/h4,7-8,11,14-15,18H,3,5-6,9-10H2,1-2H3. The van der Waals surface area contributed by atoms with E-state index >= 15 is 0 Å². The Hall–Kier alpha value is -1.46. The zero-order valence-corrected chi connectivity index (χ0v) is 12.6. The molecule has 1 amide bonds. The SMILES string of the molecule is CCCC1NC(c2cccc(F)c2)N(CCCOC)C1=O. The third-order valence-corrected chi connectivity index (χ3v) is 3.74. The van der Waals surface area contributed by atoms with E-state index in [-0.39, 0.29) is 23.9 Å². The summed E-state index contributed by atoms with van der Waals surface area (Å²) in [6.45, 7) is 3.28. The maximum atomic E-state index is 13.4. The van der Waals surface area contributed by atoms with Crippen molar-refractivity contribution in [2.45, 2.75) is 38.4 Å². The van der Waals surface area contributed by atoms with Crippen molar-refractivity contribution in [2.24, 2.45) is 0 Å². The molecule has 0 radical (unpaired) electrons. The van der Waals surface area contributed by atoms with Gasteiger partial charge in [0.2, 0.25) is 5.91 Å². The molecular formula is C16H23FN2O2. The van der Waals surface area contributed by atoms with Gasteiger partial charge in [0, 0.05) is 20.3 Å². The quantitative estimate of drug-likeness (QED) is 0.785. The topological polar surface area (TPSA) is 41.6 Å². The van der Waals surface area contributed by atoms with Gasteiger partial charge in [-0.15, -0.1) is 0 Å². The Balaban J connectivity index is 2.16. The van der Waals surface area contributed by atoms with Crippen LogP contribution in [0.4, 0.5) is 4.39 Å². The number of carbonyl (C=O) groups excluding carboxylic acids is 1. The van der Waals surface area contributed by atoms with Crippen LogP contribution >= 0.6 is 0 Å². The zero-order chi connectivity index (χ0) is 15.2. The lowest BCUT2D eigenvalue weighted by atomic mass is 10.1. The molecule has 5 heteroatoms. The fourth-order valence-electron chi connectivity index (χ4n) is 2.75. The molecule has 0 bridgehead atoms. The van der Waals surface area contributed by atoms with Gasteiger partial charge in [-0.3, -0.25) is 10.1 Å². The van der Waals surface area contributed by atoms with Gasteiger partial charge in [-0.2, -0.15) is 0 Å². The third kappa shape index (κ3) is 3.80. The average molecular weight is 294 g/mol. The van der Waals surface area contributed by atoms with Crippen molar-refractivity contribution < 1.29 is 13.9 Å². The molecule has 4 nitrogen and oxygen atoms in total. The molecule has 1 N–H and O–H groups in total. The van der Waals surface area contributed by atoms with Crippen LogP contribution in [0.15, 0.2) is 24.3 Å². The fourth-order valence-corrected chi connectivity index (χ4v) is 2.75. The van der Waals surface area contributed by atoms with E-state index in [4.69, 9.17) is 4.74 Å². The van der Waals surface area contributed by atoms with Crippen LogP contribution in [0.2, 0.25) is 0 Å². The number of nitrogens with zero attached hydrogens (tertiary/aromatic N) is 1. The molecule has 2 atom stereocenters. The largest absolute Gasteiger partial charge is 0.385 e. The third-order valence-electron chi connectivity index (χ3n) is 3.74. The van der Waals surface area contributed by atoms with E-state index in [2.05, 4.69) is 12.2 Å². The number of benzene rings is 1. The number of halogens is 1. The minimum absolute atomic E-state index is 0.0993. The van der Waals surface area contributed by atoms with Gasteiger partial charge in [0.05, 0.1) is 6.04 Å². The van der Waals surface area contributed by atoms with Crippen LogP contribution < -0.4 is 5.32 Å². The number of methoxy groups -OCH3 is 1. The molecule has 116 valence electrons. The second-order valence-electron chi connectivity index (χ2n) is 5.34. The molecular weight excluding hydrogens is 271 g/mol. The van der Waals surface area contributed by atoms with Crippen LogP contribution in [0.25, 0.3) is 0 Å². The van der Waals surface area contributed by atoms with Gasteiger partial charge in [-0.05, 0) is 30.5 Å². The number of ether oxygens (including phenoxy) is 1. The lowest BCUT2D eigenvalue weighted by Crippen LogP contribution is -2.32. The summed E-state index contributed by atoms with van der Waals surface area (Å²) in [5.41, 5.74) is 0.791. The Kier molecular flexibility index (Phi) is 5.70. The van der Waals surface area contributed by atoms with Crippen LogP contribution in [0.5, 0.6) is 0 Å². The van der Waals surface area contributed by atoms with Crippen molar-refractivity contribution in [3.05, 3.63) is 35.6 Å². The maximum absolute atomic E-state index is 13.4. The molecule has 1 aromatic carbocycles. The summed E-state index contributed by atoms with van der Waals surface area (Å²) in [5.74, 6) is -0.181. The second kappa shape index (κ2) is 7.52. The second-order valence-corrected chi connectivity index (χ2v) is 5.34. The van der Waals surface area contributed by atoms with Crippen LogP contribution in [-0.4, -0.2) is 37.1 Å². The van der Waals surface area contributed by atoms with Crippen LogP contribution in [-0.2, 0) is 9.53 Å². The first-order valence-corrected chi connectivity index (χ1v) is 7.48. The Morgan fingerprint density at radius 2 is 2.24 bits per heavy atom. The van der Waals surface area contributed by atoms with E-state index in [1.807, 2.05) is 6.07 Å². The molecule has 1 fully saturated rings. The zero-order valence-electron chi connectivity index (χ0n) is 12.6. The summed E-state index contributed by atoms with van der Waals surface area (Å²) in [5, 5.41) is 3.33. The predicted molar refractivity (Wildman–Crippen MR) is 79.2 cm³/mol. The first-order chi connectivity index (χ1) is 10.2. The van der Waals surface area contributed by atoms with Gasteiger partial charge in [0.15, 0.2) is 0 Å². The number of nitrogens with one attached hydrogen (secondary N) is 1. The van der Waals surface area contributed by atoms with Gasteiger partial charge in [0.25, 0.3) is 0 Å². The van der Waals surface area contributed by atoms with Crippen molar-refractivity contribution in [3.8, 4) is 0 Å². The molecule has 1 heterocycles. The van der Waals surface area contributed by atoms with Gasteiger partial charge >= 0.3 is 0 Å². The fraction of sp³-hybridized carbons (Fsp3) is 0.562. The molecule has 0 saturated carbocycles. The summed E-state index contributed by atoms with van der Waals surface area (Å²) in [4.78, 5) is 14.3. The molecule has 1 aromatic rings. The molecule has 1 saturated heterocycles. The van der Waals surface area contributed by atoms with Crippen molar-refractivity contribution in [3.63, 3.8) is 0 Å². The highest BCUT2D eigenvalue weighted by Gasteiger charge is 2.38. The first-order valence-electron chi connectivity index (χ1n) is 7.48. The Bertz CT molecular complexity index is 481. The summed E-state index contributed by atoms with van der Waals surface area (Å²) in [6.07, 6.45) is 2.26. The highest BCUT2D eigenvalue weighted by Crippen LogP contribution is 2.27.